The Morgan fingerprint density at radius 1 is 1.26 bits per heavy atom. The van der Waals surface area contributed by atoms with Crippen LogP contribution in [0, 0.1) is 13.8 Å². The molecule has 0 fully saturated rings. The van der Waals surface area contributed by atoms with E-state index in [1.54, 1.807) is 0 Å². The van der Waals surface area contributed by atoms with Crippen LogP contribution >= 0.6 is 15.9 Å². The molecule has 0 saturated carbocycles. The number of hydrogen-bond donors (Lipinski definition) is 2. The van der Waals surface area contributed by atoms with Crippen LogP contribution in [0.1, 0.15) is 18.1 Å². The number of aromatic nitrogens is 2. The smallest absolute Gasteiger partial charge is 0.224 e. The van der Waals surface area contributed by atoms with Gasteiger partial charge in [-0.3, -0.25) is 0 Å². The Kier molecular flexibility index (Phi) is 4.37. The minimum Gasteiger partial charge on any atom is -0.354 e. The average molecular weight is 321 g/mol. The third-order valence-electron chi connectivity index (χ3n) is 2.68. The number of anilines is 3. The maximum Gasteiger partial charge on any atom is 0.224 e. The fourth-order valence-corrected chi connectivity index (χ4v) is 2.25. The van der Waals surface area contributed by atoms with Crippen molar-refractivity contribution in [3.05, 3.63) is 40.0 Å². The van der Waals surface area contributed by atoms with E-state index >= 15 is 0 Å². The van der Waals surface area contributed by atoms with Crippen molar-refractivity contribution in [3.8, 4) is 0 Å². The highest BCUT2D eigenvalue weighted by Gasteiger charge is 2.06. The lowest BCUT2D eigenvalue weighted by atomic mass is 10.2. The van der Waals surface area contributed by atoms with Gasteiger partial charge in [-0.2, -0.15) is 4.98 Å². The highest BCUT2D eigenvalue weighted by atomic mass is 79.9. The summed E-state index contributed by atoms with van der Waals surface area (Å²) in [5.41, 5.74) is 3.22. The topological polar surface area (TPSA) is 49.8 Å². The second kappa shape index (κ2) is 6.02. The molecule has 2 N–H and O–H groups in total. The minimum absolute atomic E-state index is 0.638. The van der Waals surface area contributed by atoms with Gasteiger partial charge in [0.1, 0.15) is 5.82 Å². The van der Waals surface area contributed by atoms with Gasteiger partial charge in [-0.05, 0) is 54.4 Å². The van der Waals surface area contributed by atoms with Gasteiger partial charge in [-0.15, -0.1) is 0 Å². The number of hydrogen-bond acceptors (Lipinski definition) is 4. The fraction of sp³-hybridized carbons (Fsp3) is 0.286. The minimum atomic E-state index is 0.638. The molecule has 0 unspecified atom stereocenters. The maximum atomic E-state index is 4.47. The number of aryl methyl sites for hydroxylation is 2. The van der Waals surface area contributed by atoms with Crippen LogP contribution in [0.4, 0.5) is 17.5 Å². The molecule has 5 heteroatoms. The van der Waals surface area contributed by atoms with Crippen LogP contribution in [0.3, 0.4) is 0 Å². The first-order valence-corrected chi connectivity index (χ1v) is 7.00. The predicted octanol–water partition coefficient (Wildman–Crippen LogP) is 4.03. The SMILES string of the molecule is CCNc1ncc(C)c(Nc2ccc(C)cc2Br)n1. The van der Waals surface area contributed by atoms with Crippen LogP contribution < -0.4 is 10.6 Å². The van der Waals surface area contributed by atoms with E-state index in [1.807, 2.05) is 26.1 Å². The summed E-state index contributed by atoms with van der Waals surface area (Å²) in [5, 5.41) is 6.44. The van der Waals surface area contributed by atoms with Gasteiger partial charge in [0.25, 0.3) is 0 Å². The van der Waals surface area contributed by atoms with Gasteiger partial charge in [-0.1, -0.05) is 6.07 Å². The maximum absolute atomic E-state index is 4.47. The van der Waals surface area contributed by atoms with Crippen molar-refractivity contribution in [3.63, 3.8) is 0 Å². The van der Waals surface area contributed by atoms with E-state index in [2.05, 4.69) is 55.6 Å². The molecule has 19 heavy (non-hydrogen) atoms. The highest BCUT2D eigenvalue weighted by molar-refractivity contribution is 9.10. The average Bonchev–Trinajstić information content (AvgIpc) is 2.37. The second-order valence-corrected chi connectivity index (χ2v) is 5.22. The molecule has 1 heterocycles. The van der Waals surface area contributed by atoms with Crippen molar-refractivity contribution in [2.45, 2.75) is 20.8 Å². The molecular weight excluding hydrogens is 304 g/mol. The van der Waals surface area contributed by atoms with Crippen LogP contribution in [0.15, 0.2) is 28.9 Å². The Bertz CT molecular complexity index is 584. The van der Waals surface area contributed by atoms with E-state index in [9.17, 15) is 0 Å². The molecule has 2 aromatic rings. The third kappa shape index (κ3) is 3.44. The zero-order valence-electron chi connectivity index (χ0n) is 11.3. The summed E-state index contributed by atoms with van der Waals surface area (Å²) in [6, 6.07) is 6.17. The van der Waals surface area contributed by atoms with Crippen LogP contribution in [0.25, 0.3) is 0 Å². The molecule has 100 valence electrons. The second-order valence-electron chi connectivity index (χ2n) is 4.36. The fourth-order valence-electron chi connectivity index (χ4n) is 1.66. The molecule has 0 aliphatic rings. The van der Waals surface area contributed by atoms with Crippen LogP contribution in [-0.4, -0.2) is 16.5 Å². The highest BCUT2D eigenvalue weighted by Crippen LogP contribution is 2.27. The van der Waals surface area contributed by atoms with Gasteiger partial charge in [0.2, 0.25) is 5.95 Å². The Hall–Kier alpha value is -1.62. The van der Waals surface area contributed by atoms with Gasteiger partial charge in [0.15, 0.2) is 0 Å². The summed E-state index contributed by atoms with van der Waals surface area (Å²) < 4.78 is 1.02. The molecule has 0 radical (unpaired) electrons. The van der Waals surface area contributed by atoms with E-state index < -0.39 is 0 Å². The summed E-state index contributed by atoms with van der Waals surface area (Å²) in [4.78, 5) is 8.70. The molecule has 0 bridgehead atoms. The van der Waals surface area contributed by atoms with Crippen molar-refractivity contribution in [1.82, 2.24) is 9.97 Å². The lowest BCUT2D eigenvalue weighted by Gasteiger charge is -2.12. The largest absolute Gasteiger partial charge is 0.354 e. The molecule has 0 aliphatic heterocycles. The van der Waals surface area contributed by atoms with E-state index in [1.165, 1.54) is 5.56 Å². The van der Waals surface area contributed by atoms with E-state index in [0.29, 0.717) is 5.95 Å². The zero-order chi connectivity index (χ0) is 13.8. The van der Waals surface area contributed by atoms with Crippen molar-refractivity contribution >= 4 is 33.4 Å². The molecule has 0 saturated heterocycles. The molecule has 0 spiro atoms. The van der Waals surface area contributed by atoms with E-state index in [-0.39, 0.29) is 0 Å². The van der Waals surface area contributed by atoms with Gasteiger partial charge in [0, 0.05) is 22.8 Å². The van der Waals surface area contributed by atoms with Crippen molar-refractivity contribution in [2.24, 2.45) is 0 Å². The van der Waals surface area contributed by atoms with Crippen molar-refractivity contribution < 1.29 is 0 Å². The lowest BCUT2D eigenvalue weighted by Crippen LogP contribution is -2.05. The Balaban J connectivity index is 2.29. The molecule has 0 amide bonds. The van der Waals surface area contributed by atoms with Crippen LogP contribution in [0.2, 0.25) is 0 Å². The quantitative estimate of drug-likeness (QED) is 0.892. The number of nitrogens with one attached hydrogen (secondary N) is 2. The van der Waals surface area contributed by atoms with Gasteiger partial charge < -0.3 is 10.6 Å². The first-order valence-electron chi connectivity index (χ1n) is 6.21. The molecule has 1 aromatic heterocycles. The van der Waals surface area contributed by atoms with Gasteiger partial charge >= 0.3 is 0 Å². The summed E-state index contributed by atoms with van der Waals surface area (Å²) in [6.45, 7) is 6.87. The zero-order valence-corrected chi connectivity index (χ0v) is 12.9. The lowest BCUT2D eigenvalue weighted by molar-refractivity contribution is 1.07. The van der Waals surface area contributed by atoms with Crippen molar-refractivity contribution in [2.75, 3.05) is 17.2 Å². The van der Waals surface area contributed by atoms with E-state index in [0.717, 1.165) is 28.1 Å². The Morgan fingerprint density at radius 2 is 2.05 bits per heavy atom. The Labute approximate surface area is 121 Å². The molecule has 1 aromatic carbocycles. The number of rotatable bonds is 4. The number of halogens is 1. The summed E-state index contributed by atoms with van der Waals surface area (Å²) in [6.07, 6.45) is 1.81. The normalized spacial score (nSPS) is 10.3. The van der Waals surface area contributed by atoms with Gasteiger partial charge in [-0.25, -0.2) is 4.98 Å². The molecule has 4 nitrogen and oxygen atoms in total. The summed E-state index contributed by atoms with van der Waals surface area (Å²) >= 11 is 3.56. The van der Waals surface area contributed by atoms with Crippen LogP contribution in [0.5, 0.6) is 0 Å². The molecule has 2 rings (SSSR count). The molecule has 0 atom stereocenters. The first kappa shape index (κ1) is 13.8. The summed E-state index contributed by atoms with van der Waals surface area (Å²) in [7, 11) is 0. The molecular formula is C14H17BrN4. The van der Waals surface area contributed by atoms with Crippen LogP contribution in [-0.2, 0) is 0 Å². The summed E-state index contributed by atoms with van der Waals surface area (Å²) in [5.74, 6) is 1.45. The monoisotopic (exact) mass is 320 g/mol. The predicted molar refractivity (Wildman–Crippen MR) is 83.1 cm³/mol. The Morgan fingerprint density at radius 3 is 2.74 bits per heavy atom. The third-order valence-corrected chi connectivity index (χ3v) is 3.34. The van der Waals surface area contributed by atoms with Gasteiger partial charge in [0.05, 0.1) is 5.69 Å². The van der Waals surface area contributed by atoms with Crippen molar-refractivity contribution in [1.29, 1.82) is 0 Å². The van der Waals surface area contributed by atoms with E-state index in [4.69, 9.17) is 0 Å². The standard InChI is InChI=1S/C14H17BrN4/c1-4-16-14-17-8-10(3)13(19-14)18-12-6-5-9(2)7-11(12)15/h5-8H,4H2,1-3H3,(H2,16,17,18,19). The number of benzene rings is 1. The molecule has 0 aliphatic carbocycles. The first-order chi connectivity index (χ1) is 9.10. The number of nitrogens with zero attached hydrogens (tertiary/aromatic N) is 2.